The number of nitrogens with two attached hydrogens (primary N) is 1. The van der Waals surface area contributed by atoms with Crippen molar-refractivity contribution in [2.24, 2.45) is 0 Å². The number of sulfonamides is 1. The molecule has 18 heavy (non-hydrogen) atoms. The van der Waals surface area contributed by atoms with E-state index in [1.807, 2.05) is 4.72 Å². The van der Waals surface area contributed by atoms with E-state index in [9.17, 15) is 17.2 Å². The molecule has 0 bridgehead atoms. The van der Waals surface area contributed by atoms with Gasteiger partial charge >= 0.3 is 0 Å². The molecule has 1 aromatic rings. The van der Waals surface area contributed by atoms with Crippen LogP contribution in [-0.4, -0.2) is 26.2 Å². The van der Waals surface area contributed by atoms with E-state index in [0.29, 0.717) is 0 Å². The lowest BCUT2D eigenvalue weighted by atomic mass is 10.3. The molecule has 0 fully saturated rings. The van der Waals surface area contributed by atoms with Gasteiger partial charge in [0.1, 0.15) is 11.6 Å². The first kappa shape index (κ1) is 14.8. The first-order valence-corrected chi connectivity index (χ1v) is 6.67. The maximum atomic E-state index is 13.5. The molecule has 1 aromatic carbocycles. The first-order chi connectivity index (χ1) is 8.31. The quantitative estimate of drug-likeness (QED) is 0.688. The van der Waals surface area contributed by atoms with E-state index >= 15 is 0 Å². The number of hydrogen-bond acceptors (Lipinski definition) is 4. The maximum absolute atomic E-state index is 13.5. The third-order valence-corrected chi connectivity index (χ3v) is 3.90. The Hall–Kier alpha value is -1.25. The van der Waals surface area contributed by atoms with Gasteiger partial charge in [0.2, 0.25) is 10.0 Å². The van der Waals surface area contributed by atoms with Crippen molar-refractivity contribution in [1.82, 2.24) is 4.72 Å². The van der Waals surface area contributed by atoms with Crippen molar-refractivity contribution in [3.63, 3.8) is 0 Å². The van der Waals surface area contributed by atoms with Gasteiger partial charge in [0.25, 0.3) is 0 Å². The second-order valence-electron chi connectivity index (χ2n) is 3.72. The molecule has 0 aromatic heterocycles. The predicted molar refractivity (Wildman–Crippen MR) is 62.3 cm³/mol. The van der Waals surface area contributed by atoms with Gasteiger partial charge in [-0.2, -0.15) is 0 Å². The van der Waals surface area contributed by atoms with Crippen LogP contribution < -0.4 is 10.5 Å². The molecule has 8 heteroatoms. The van der Waals surface area contributed by atoms with Crippen LogP contribution in [0.2, 0.25) is 0 Å². The largest absolute Gasteiger partial charge is 0.399 e. The lowest BCUT2D eigenvalue weighted by Gasteiger charge is -2.15. The van der Waals surface area contributed by atoms with Crippen molar-refractivity contribution in [2.45, 2.75) is 24.3 Å². The fourth-order valence-electron chi connectivity index (χ4n) is 1.36. The standard InChI is InChI=1S/C10H14F2N2O3S/c1-2-7(5-15)14-18(16,17)10-8(11)3-6(13)4-9(10)12/h3-4,7,14-15H,2,5,13H2,1H3/t7-/m0/s1. The van der Waals surface area contributed by atoms with Crippen LogP contribution in [0.3, 0.4) is 0 Å². The molecule has 0 aliphatic heterocycles. The maximum Gasteiger partial charge on any atom is 0.246 e. The Bertz CT molecular complexity index is 507. The molecule has 0 amide bonds. The molecule has 0 unspecified atom stereocenters. The van der Waals surface area contributed by atoms with E-state index in [-0.39, 0.29) is 12.1 Å². The summed E-state index contributed by atoms with van der Waals surface area (Å²) in [4.78, 5) is -1.09. The number of halogens is 2. The molecule has 0 aliphatic rings. The number of aliphatic hydroxyl groups is 1. The summed E-state index contributed by atoms with van der Waals surface area (Å²) in [6.07, 6.45) is 0.286. The summed E-state index contributed by atoms with van der Waals surface area (Å²) in [5.74, 6) is -2.54. The van der Waals surface area contributed by atoms with Gasteiger partial charge in [-0.3, -0.25) is 0 Å². The highest BCUT2D eigenvalue weighted by Crippen LogP contribution is 2.21. The first-order valence-electron chi connectivity index (χ1n) is 5.19. The molecule has 5 nitrogen and oxygen atoms in total. The number of nitrogen functional groups attached to an aromatic ring is 1. The molecule has 1 atom stereocenters. The number of hydrogen-bond donors (Lipinski definition) is 3. The molecule has 0 saturated heterocycles. The lowest BCUT2D eigenvalue weighted by Crippen LogP contribution is -2.37. The zero-order valence-electron chi connectivity index (χ0n) is 9.65. The molecule has 4 N–H and O–H groups in total. The molecule has 0 heterocycles. The van der Waals surface area contributed by atoms with Crippen molar-refractivity contribution >= 4 is 15.7 Å². The van der Waals surface area contributed by atoms with E-state index in [1.165, 1.54) is 0 Å². The Kier molecular flexibility index (Phi) is 4.60. The van der Waals surface area contributed by atoms with Gasteiger partial charge in [-0.05, 0) is 18.6 Å². The van der Waals surface area contributed by atoms with Crippen LogP contribution in [0.1, 0.15) is 13.3 Å². The molecule has 1 rings (SSSR count). The summed E-state index contributed by atoms with van der Waals surface area (Å²) in [7, 11) is -4.38. The summed E-state index contributed by atoms with van der Waals surface area (Å²) < 4.78 is 52.5. The second-order valence-corrected chi connectivity index (χ2v) is 5.37. The van der Waals surface area contributed by atoms with Crippen LogP contribution in [0.4, 0.5) is 14.5 Å². The molecular weight excluding hydrogens is 266 g/mol. The van der Waals surface area contributed by atoms with Crippen LogP contribution in [-0.2, 0) is 10.0 Å². The smallest absolute Gasteiger partial charge is 0.246 e. The molecule has 0 spiro atoms. The molecule has 102 valence electrons. The third-order valence-electron chi connectivity index (χ3n) is 2.32. The van der Waals surface area contributed by atoms with Crippen molar-refractivity contribution < 1.29 is 22.3 Å². The highest BCUT2D eigenvalue weighted by atomic mass is 32.2. The SMILES string of the molecule is CC[C@@H](CO)NS(=O)(=O)c1c(F)cc(N)cc1F. The highest BCUT2D eigenvalue weighted by Gasteiger charge is 2.26. The van der Waals surface area contributed by atoms with E-state index in [1.54, 1.807) is 6.92 Å². The summed E-state index contributed by atoms with van der Waals surface area (Å²) in [6, 6.07) is 0.640. The number of anilines is 1. The summed E-state index contributed by atoms with van der Waals surface area (Å²) in [6.45, 7) is 1.16. The Labute approximate surface area is 104 Å². The Morgan fingerprint density at radius 1 is 1.39 bits per heavy atom. The number of rotatable bonds is 5. The van der Waals surface area contributed by atoms with Crippen LogP contribution in [0.15, 0.2) is 17.0 Å². The van der Waals surface area contributed by atoms with E-state index in [0.717, 1.165) is 12.1 Å². The van der Waals surface area contributed by atoms with Crippen LogP contribution in [0.25, 0.3) is 0 Å². The zero-order chi connectivity index (χ0) is 13.9. The van der Waals surface area contributed by atoms with Crippen LogP contribution >= 0.6 is 0 Å². The van der Waals surface area contributed by atoms with Crippen molar-refractivity contribution in [1.29, 1.82) is 0 Å². The fraction of sp³-hybridized carbons (Fsp3) is 0.400. The minimum absolute atomic E-state index is 0.210. The number of nitrogens with one attached hydrogen (secondary N) is 1. The van der Waals surface area contributed by atoms with Crippen LogP contribution in [0.5, 0.6) is 0 Å². The van der Waals surface area contributed by atoms with Crippen molar-refractivity contribution in [3.8, 4) is 0 Å². The average Bonchev–Trinajstić information content (AvgIpc) is 2.23. The summed E-state index contributed by atoms with van der Waals surface area (Å²) >= 11 is 0. The normalized spacial score (nSPS) is 13.6. The zero-order valence-corrected chi connectivity index (χ0v) is 10.5. The molecular formula is C10H14F2N2O3S. The van der Waals surface area contributed by atoms with Gasteiger partial charge in [0, 0.05) is 11.7 Å². The second kappa shape index (κ2) is 5.59. The monoisotopic (exact) mass is 280 g/mol. The molecule has 0 aliphatic carbocycles. The minimum Gasteiger partial charge on any atom is -0.399 e. The third kappa shape index (κ3) is 3.15. The Morgan fingerprint density at radius 3 is 2.28 bits per heavy atom. The average molecular weight is 280 g/mol. The molecule has 0 radical (unpaired) electrons. The fourth-order valence-corrected chi connectivity index (χ4v) is 2.79. The van der Waals surface area contributed by atoms with Crippen molar-refractivity contribution in [2.75, 3.05) is 12.3 Å². The van der Waals surface area contributed by atoms with E-state index in [4.69, 9.17) is 10.8 Å². The van der Waals surface area contributed by atoms with Crippen LogP contribution in [0, 0.1) is 11.6 Å². The number of benzene rings is 1. The topological polar surface area (TPSA) is 92.4 Å². The van der Waals surface area contributed by atoms with Gasteiger partial charge in [0.05, 0.1) is 6.61 Å². The van der Waals surface area contributed by atoms with Crippen molar-refractivity contribution in [3.05, 3.63) is 23.8 Å². The van der Waals surface area contributed by atoms with E-state index in [2.05, 4.69) is 0 Å². The van der Waals surface area contributed by atoms with Gasteiger partial charge in [0.15, 0.2) is 4.90 Å². The van der Waals surface area contributed by atoms with Gasteiger partial charge in [-0.15, -0.1) is 0 Å². The predicted octanol–water partition coefficient (Wildman–Crippen LogP) is 0.596. The minimum atomic E-state index is -4.38. The molecule has 0 saturated carbocycles. The Balaban J connectivity index is 3.21. The highest BCUT2D eigenvalue weighted by molar-refractivity contribution is 7.89. The van der Waals surface area contributed by atoms with E-state index < -0.39 is 39.2 Å². The van der Waals surface area contributed by atoms with Gasteiger partial charge in [-0.1, -0.05) is 6.92 Å². The Morgan fingerprint density at radius 2 is 1.89 bits per heavy atom. The lowest BCUT2D eigenvalue weighted by molar-refractivity contribution is 0.253. The summed E-state index contributed by atoms with van der Waals surface area (Å²) in [5, 5.41) is 8.88. The summed E-state index contributed by atoms with van der Waals surface area (Å²) in [5.41, 5.74) is 4.98. The number of aliphatic hydroxyl groups excluding tert-OH is 1. The van der Waals surface area contributed by atoms with Gasteiger partial charge in [-0.25, -0.2) is 21.9 Å². The van der Waals surface area contributed by atoms with Gasteiger partial charge < -0.3 is 10.8 Å².